The average molecular weight is 398 g/mol. The molecule has 150 valence electrons. The van der Waals surface area contributed by atoms with Gasteiger partial charge in [0.25, 0.3) is 11.8 Å². The highest BCUT2D eigenvalue weighted by Gasteiger charge is 2.21. The normalized spacial score (nSPS) is 10.7. The third-order valence-corrected chi connectivity index (χ3v) is 4.90. The fourth-order valence-electron chi connectivity index (χ4n) is 3.30. The van der Waals surface area contributed by atoms with E-state index >= 15 is 0 Å². The van der Waals surface area contributed by atoms with E-state index in [-0.39, 0.29) is 23.3 Å². The van der Waals surface area contributed by atoms with Gasteiger partial charge in [0.2, 0.25) is 5.82 Å². The van der Waals surface area contributed by atoms with E-state index in [1.165, 1.54) is 0 Å². The smallest absolute Gasteiger partial charge is 0.287 e. The van der Waals surface area contributed by atoms with Gasteiger partial charge in [-0.25, -0.2) is 4.98 Å². The number of nitrogens with one attached hydrogen (secondary N) is 2. The van der Waals surface area contributed by atoms with E-state index in [2.05, 4.69) is 15.6 Å². The summed E-state index contributed by atoms with van der Waals surface area (Å²) in [5, 5.41) is 5.79. The fraction of sp³-hybridized carbons (Fsp3) is 0.125. The van der Waals surface area contributed by atoms with Gasteiger partial charge in [-0.2, -0.15) is 0 Å². The summed E-state index contributed by atoms with van der Waals surface area (Å²) in [6, 6.07) is 22.9. The van der Waals surface area contributed by atoms with E-state index < -0.39 is 0 Å². The number of benzene rings is 2. The van der Waals surface area contributed by atoms with Crippen molar-refractivity contribution in [3.63, 3.8) is 0 Å². The fourth-order valence-corrected chi connectivity index (χ4v) is 3.30. The molecule has 0 saturated carbocycles. The molecule has 0 aliphatic rings. The summed E-state index contributed by atoms with van der Waals surface area (Å²) in [6.07, 6.45) is 2.45. The molecule has 2 heterocycles. The standard InChI is InChI=1S/C24H22N4O2/c1-17-9-5-6-12-19(17)26-23(29)21-20-13-7-8-16-28(20)22(27-21)24(30)25-15-14-18-10-3-2-4-11-18/h2-13,16H,14-15H2,1H3,(H,25,30)(H,26,29). The van der Waals surface area contributed by atoms with Crippen molar-refractivity contribution in [1.29, 1.82) is 0 Å². The minimum atomic E-state index is -0.351. The number of fused-ring (bicyclic) bond motifs is 1. The number of anilines is 1. The van der Waals surface area contributed by atoms with Crippen LogP contribution in [-0.4, -0.2) is 27.7 Å². The van der Waals surface area contributed by atoms with Crippen LogP contribution in [0, 0.1) is 6.92 Å². The van der Waals surface area contributed by atoms with Crippen molar-refractivity contribution in [3.8, 4) is 0 Å². The van der Waals surface area contributed by atoms with Crippen LogP contribution < -0.4 is 10.6 Å². The third-order valence-electron chi connectivity index (χ3n) is 4.90. The first-order chi connectivity index (χ1) is 14.6. The minimum Gasteiger partial charge on any atom is -0.349 e. The minimum absolute atomic E-state index is 0.189. The van der Waals surface area contributed by atoms with Crippen molar-refractivity contribution >= 4 is 23.0 Å². The van der Waals surface area contributed by atoms with Gasteiger partial charge in [-0.3, -0.25) is 14.0 Å². The number of hydrogen-bond donors (Lipinski definition) is 2. The Hall–Kier alpha value is -3.93. The maximum Gasteiger partial charge on any atom is 0.287 e. The summed E-state index contributed by atoms with van der Waals surface area (Å²) in [4.78, 5) is 30.0. The molecule has 0 atom stereocenters. The largest absolute Gasteiger partial charge is 0.349 e. The molecule has 0 saturated heterocycles. The number of aryl methyl sites for hydroxylation is 1. The molecule has 0 unspecified atom stereocenters. The monoisotopic (exact) mass is 398 g/mol. The van der Waals surface area contributed by atoms with Crippen molar-refractivity contribution < 1.29 is 9.59 Å². The summed E-state index contributed by atoms with van der Waals surface area (Å²) >= 11 is 0. The SMILES string of the molecule is Cc1ccccc1NC(=O)c1nc(C(=O)NCCc2ccccc2)n2ccccc12. The van der Waals surface area contributed by atoms with Crippen LogP contribution in [0.5, 0.6) is 0 Å². The lowest BCUT2D eigenvalue weighted by atomic mass is 10.1. The molecule has 30 heavy (non-hydrogen) atoms. The van der Waals surface area contributed by atoms with Crippen LogP contribution in [0.15, 0.2) is 79.0 Å². The average Bonchev–Trinajstić information content (AvgIpc) is 3.16. The van der Waals surface area contributed by atoms with Crippen molar-refractivity contribution in [2.45, 2.75) is 13.3 Å². The Balaban J connectivity index is 1.55. The highest BCUT2D eigenvalue weighted by molar-refractivity contribution is 6.09. The third kappa shape index (κ3) is 4.07. The predicted molar refractivity (Wildman–Crippen MR) is 117 cm³/mol. The molecule has 0 aliphatic heterocycles. The van der Waals surface area contributed by atoms with Crippen LogP contribution in [0.2, 0.25) is 0 Å². The predicted octanol–water partition coefficient (Wildman–Crippen LogP) is 3.87. The molecule has 0 spiro atoms. The number of carbonyl (C=O) groups excluding carboxylic acids is 2. The van der Waals surface area contributed by atoms with Gasteiger partial charge in [0.1, 0.15) is 0 Å². The Bertz CT molecular complexity index is 1200. The van der Waals surface area contributed by atoms with Gasteiger partial charge in [0, 0.05) is 18.4 Å². The van der Waals surface area contributed by atoms with Crippen LogP contribution in [-0.2, 0) is 6.42 Å². The van der Waals surface area contributed by atoms with Gasteiger partial charge in [-0.1, -0.05) is 54.6 Å². The lowest BCUT2D eigenvalue weighted by Gasteiger charge is -2.06. The number of hydrogen-bond acceptors (Lipinski definition) is 3. The molecule has 2 aromatic heterocycles. The molecule has 0 bridgehead atoms. The molecule has 4 rings (SSSR count). The summed E-state index contributed by atoms with van der Waals surface area (Å²) < 4.78 is 1.64. The lowest BCUT2D eigenvalue weighted by molar-refractivity contribution is 0.0943. The first kappa shape index (κ1) is 19.4. The second kappa shape index (κ2) is 8.61. The maximum atomic E-state index is 12.9. The van der Waals surface area contributed by atoms with Crippen molar-refractivity contribution in [1.82, 2.24) is 14.7 Å². The zero-order valence-corrected chi connectivity index (χ0v) is 16.6. The van der Waals surface area contributed by atoms with Crippen molar-refractivity contribution in [2.24, 2.45) is 0 Å². The Morgan fingerprint density at radius 1 is 0.900 bits per heavy atom. The van der Waals surface area contributed by atoms with Crippen LogP contribution in [0.4, 0.5) is 5.69 Å². The molecule has 0 aliphatic carbocycles. The van der Waals surface area contributed by atoms with Gasteiger partial charge in [-0.05, 0) is 42.7 Å². The molecular formula is C24H22N4O2. The Labute approximate surface area is 174 Å². The quantitative estimate of drug-likeness (QED) is 0.518. The number of carbonyl (C=O) groups is 2. The highest BCUT2D eigenvalue weighted by atomic mass is 16.2. The Morgan fingerprint density at radius 2 is 1.63 bits per heavy atom. The van der Waals surface area contributed by atoms with Gasteiger partial charge >= 0.3 is 0 Å². The number of amides is 2. The maximum absolute atomic E-state index is 12.9. The zero-order valence-electron chi connectivity index (χ0n) is 16.6. The van der Waals surface area contributed by atoms with Gasteiger partial charge in [-0.15, -0.1) is 0 Å². The molecule has 6 nitrogen and oxygen atoms in total. The lowest BCUT2D eigenvalue weighted by Crippen LogP contribution is -2.27. The highest BCUT2D eigenvalue weighted by Crippen LogP contribution is 2.18. The molecular weight excluding hydrogens is 376 g/mol. The van der Waals surface area contributed by atoms with E-state index in [1.807, 2.05) is 67.6 Å². The Morgan fingerprint density at radius 3 is 2.43 bits per heavy atom. The number of nitrogens with zero attached hydrogens (tertiary/aromatic N) is 2. The van der Waals surface area contributed by atoms with Crippen molar-refractivity contribution in [2.75, 3.05) is 11.9 Å². The van der Waals surface area contributed by atoms with Gasteiger partial charge < -0.3 is 10.6 Å². The number of pyridine rings is 1. The summed E-state index contributed by atoms with van der Waals surface area (Å²) in [7, 11) is 0. The summed E-state index contributed by atoms with van der Waals surface area (Å²) in [6.45, 7) is 2.40. The molecule has 2 N–H and O–H groups in total. The van der Waals surface area contributed by atoms with E-state index in [0.717, 1.165) is 17.5 Å². The first-order valence-corrected chi connectivity index (χ1v) is 9.79. The second-order valence-corrected chi connectivity index (χ2v) is 7.00. The van der Waals surface area contributed by atoms with E-state index in [0.29, 0.717) is 17.7 Å². The van der Waals surface area contributed by atoms with Gasteiger partial charge in [0.05, 0.1) is 5.52 Å². The molecule has 0 fully saturated rings. The summed E-state index contributed by atoms with van der Waals surface area (Å²) in [5.41, 5.74) is 3.61. The molecule has 6 heteroatoms. The second-order valence-electron chi connectivity index (χ2n) is 7.00. The first-order valence-electron chi connectivity index (χ1n) is 9.79. The van der Waals surface area contributed by atoms with Gasteiger partial charge in [0.15, 0.2) is 5.69 Å². The number of rotatable bonds is 6. The Kier molecular flexibility index (Phi) is 5.57. The van der Waals surface area contributed by atoms with E-state index in [1.54, 1.807) is 22.7 Å². The number of para-hydroxylation sites is 1. The van der Waals surface area contributed by atoms with Crippen LogP contribution >= 0.6 is 0 Å². The summed E-state index contributed by atoms with van der Waals surface area (Å²) in [5.74, 6) is -0.480. The van der Waals surface area contributed by atoms with Crippen molar-refractivity contribution in [3.05, 3.63) is 102 Å². The zero-order chi connectivity index (χ0) is 20.9. The molecule has 4 aromatic rings. The van der Waals surface area contributed by atoms with E-state index in [9.17, 15) is 9.59 Å². The molecule has 0 radical (unpaired) electrons. The van der Waals surface area contributed by atoms with Crippen LogP contribution in [0.25, 0.3) is 5.52 Å². The molecule has 2 aromatic carbocycles. The number of imidazole rings is 1. The topological polar surface area (TPSA) is 75.5 Å². The van der Waals surface area contributed by atoms with E-state index in [4.69, 9.17) is 0 Å². The molecule has 2 amide bonds. The number of aromatic nitrogens is 2. The van der Waals surface area contributed by atoms with Crippen LogP contribution in [0.1, 0.15) is 32.2 Å². The van der Waals surface area contributed by atoms with Crippen LogP contribution in [0.3, 0.4) is 0 Å².